The van der Waals surface area contributed by atoms with Crippen LogP contribution in [0, 0.1) is 0 Å². The number of carboxylic acids is 2. The van der Waals surface area contributed by atoms with E-state index in [-0.39, 0.29) is 30.8 Å². The maximum absolute atomic E-state index is 11.3. The number of dihydropyridines is 1. The van der Waals surface area contributed by atoms with Crippen LogP contribution >= 0.6 is 11.3 Å². The zero-order chi connectivity index (χ0) is 18.5. The number of thiazole rings is 1. The number of carbonyl (C=O) groups is 2. The van der Waals surface area contributed by atoms with Crippen LogP contribution in [0.5, 0.6) is 0 Å². The summed E-state index contributed by atoms with van der Waals surface area (Å²) in [5.74, 6) is -2.33. The Balaban J connectivity index is 1.52. The molecule has 0 radical (unpaired) electrons. The molecule has 0 amide bonds. The smallest absolute Gasteiger partial charge is 0.333 e. The number of hydrogen-bond acceptors (Lipinski definition) is 8. The topological polar surface area (TPSA) is 139 Å². The van der Waals surface area contributed by atoms with E-state index in [4.69, 9.17) is 9.84 Å². The molecule has 3 heterocycles. The second kappa shape index (κ2) is 7.89. The fourth-order valence-electron chi connectivity index (χ4n) is 2.27. The van der Waals surface area contributed by atoms with Gasteiger partial charge in [-0.3, -0.25) is 0 Å². The number of aliphatic carboxylic acids is 2. The van der Waals surface area contributed by atoms with Crippen LogP contribution in [0.4, 0.5) is 0 Å². The summed E-state index contributed by atoms with van der Waals surface area (Å²) in [6.45, 7) is 0.748. The first-order chi connectivity index (χ1) is 12.5. The Morgan fingerprint density at radius 3 is 2.88 bits per heavy atom. The zero-order valence-electron chi connectivity index (χ0n) is 13.5. The molecule has 3 rings (SSSR count). The number of rotatable bonds is 8. The summed E-state index contributed by atoms with van der Waals surface area (Å²) in [7, 11) is 0. The van der Waals surface area contributed by atoms with Gasteiger partial charge in [0.1, 0.15) is 10.7 Å². The van der Waals surface area contributed by atoms with Gasteiger partial charge in [0.25, 0.3) is 0 Å². The van der Waals surface area contributed by atoms with Gasteiger partial charge < -0.3 is 20.3 Å². The third-order valence-electron chi connectivity index (χ3n) is 3.59. The van der Waals surface area contributed by atoms with Crippen molar-refractivity contribution in [2.24, 2.45) is 0 Å². The van der Waals surface area contributed by atoms with Gasteiger partial charge in [-0.1, -0.05) is 5.21 Å². The maximum atomic E-state index is 11.3. The average molecular weight is 377 g/mol. The minimum atomic E-state index is -1.17. The predicted molar refractivity (Wildman–Crippen MR) is 90.1 cm³/mol. The molecule has 0 atom stereocenters. The van der Waals surface area contributed by atoms with Gasteiger partial charge in [0.2, 0.25) is 0 Å². The van der Waals surface area contributed by atoms with Crippen molar-refractivity contribution < 1.29 is 24.5 Å². The third kappa shape index (κ3) is 4.13. The number of carboxylic acid groups (broad SMARTS) is 2. The Bertz CT molecular complexity index is 871. The summed E-state index contributed by atoms with van der Waals surface area (Å²) >= 11 is 1.47. The molecule has 26 heavy (non-hydrogen) atoms. The van der Waals surface area contributed by atoms with E-state index in [1.54, 1.807) is 17.1 Å². The number of nitrogens with one attached hydrogen (secondary N) is 1. The summed E-state index contributed by atoms with van der Waals surface area (Å²) in [5, 5.41) is 31.5. The van der Waals surface area contributed by atoms with E-state index >= 15 is 0 Å². The summed E-state index contributed by atoms with van der Waals surface area (Å²) in [6.07, 6.45) is 4.57. The van der Waals surface area contributed by atoms with Crippen LogP contribution < -0.4 is 5.32 Å². The Kier molecular flexibility index (Phi) is 5.39. The first-order valence-electron chi connectivity index (χ1n) is 7.56. The molecule has 10 nitrogen and oxygen atoms in total. The van der Waals surface area contributed by atoms with Crippen molar-refractivity contribution in [3.63, 3.8) is 0 Å². The van der Waals surface area contributed by atoms with Gasteiger partial charge in [-0.2, -0.15) is 0 Å². The number of hydrogen-bond donors (Lipinski definition) is 3. The largest absolute Gasteiger partial charge is 0.478 e. The maximum Gasteiger partial charge on any atom is 0.333 e. The van der Waals surface area contributed by atoms with Crippen molar-refractivity contribution in [3.8, 4) is 10.7 Å². The van der Waals surface area contributed by atoms with Crippen LogP contribution in [0.25, 0.3) is 10.7 Å². The molecular formula is C15H15N5O5S. The van der Waals surface area contributed by atoms with Crippen molar-refractivity contribution in [3.05, 3.63) is 40.8 Å². The molecular weight excluding hydrogens is 362 g/mol. The first kappa shape index (κ1) is 17.8. The van der Waals surface area contributed by atoms with E-state index in [2.05, 4.69) is 20.6 Å². The molecule has 0 aromatic carbocycles. The first-order valence-corrected chi connectivity index (χ1v) is 8.44. The van der Waals surface area contributed by atoms with Gasteiger partial charge >= 0.3 is 11.9 Å². The lowest BCUT2D eigenvalue weighted by atomic mass is 10.0. The van der Waals surface area contributed by atoms with E-state index in [1.165, 1.54) is 17.5 Å². The molecule has 3 N–H and O–H groups in total. The highest BCUT2D eigenvalue weighted by molar-refractivity contribution is 7.13. The Morgan fingerprint density at radius 1 is 1.35 bits per heavy atom. The quantitative estimate of drug-likeness (QED) is 0.568. The minimum Gasteiger partial charge on any atom is -0.478 e. The normalized spacial score (nSPS) is 14.1. The van der Waals surface area contributed by atoms with Gasteiger partial charge in [-0.05, 0) is 0 Å². The molecule has 136 valence electrons. The number of ether oxygens (including phenoxy) is 1. The van der Waals surface area contributed by atoms with Crippen molar-refractivity contribution >= 4 is 23.3 Å². The second-order valence-corrected chi connectivity index (χ2v) is 6.21. The van der Waals surface area contributed by atoms with Gasteiger partial charge in [0.15, 0.2) is 0 Å². The minimum absolute atomic E-state index is 0.0107. The molecule has 0 aliphatic carbocycles. The van der Waals surface area contributed by atoms with Crippen LogP contribution in [-0.2, 0) is 20.9 Å². The van der Waals surface area contributed by atoms with Gasteiger partial charge in [0.05, 0.1) is 42.8 Å². The molecule has 0 spiro atoms. The van der Waals surface area contributed by atoms with Crippen LogP contribution in [0.3, 0.4) is 0 Å². The molecule has 0 bridgehead atoms. The highest BCUT2D eigenvalue weighted by Gasteiger charge is 2.23. The monoisotopic (exact) mass is 377 g/mol. The van der Waals surface area contributed by atoms with Crippen molar-refractivity contribution in [1.29, 1.82) is 0 Å². The van der Waals surface area contributed by atoms with Crippen LogP contribution in [0.2, 0.25) is 0 Å². The lowest BCUT2D eigenvalue weighted by Crippen LogP contribution is -2.25. The molecule has 1 aliphatic rings. The lowest BCUT2D eigenvalue weighted by Gasteiger charge is -2.18. The summed E-state index contributed by atoms with van der Waals surface area (Å²) < 4.78 is 7.10. The molecule has 2 aromatic rings. The summed E-state index contributed by atoms with van der Waals surface area (Å²) in [6, 6.07) is 0. The van der Waals surface area contributed by atoms with Gasteiger partial charge in [-0.25, -0.2) is 19.3 Å². The third-order valence-corrected chi connectivity index (χ3v) is 4.38. The number of aromatic nitrogens is 4. The highest BCUT2D eigenvalue weighted by Crippen LogP contribution is 2.20. The molecule has 11 heteroatoms. The highest BCUT2D eigenvalue weighted by atomic mass is 32.1. The molecule has 0 unspecified atom stereocenters. The molecule has 0 fully saturated rings. The predicted octanol–water partition coefficient (Wildman–Crippen LogP) is 0.719. The van der Waals surface area contributed by atoms with E-state index in [1.807, 2.05) is 5.38 Å². The summed E-state index contributed by atoms with van der Waals surface area (Å²) in [5.41, 5.74) is 0.987. The second-order valence-electron chi connectivity index (χ2n) is 5.31. The summed E-state index contributed by atoms with van der Waals surface area (Å²) in [4.78, 5) is 26.4. The lowest BCUT2D eigenvalue weighted by molar-refractivity contribution is -0.133. The van der Waals surface area contributed by atoms with Crippen molar-refractivity contribution in [1.82, 2.24) is 25.3 Å². The molecule has 2 aromatic heterocycles. The van der Waals surface area contributed by atoms with Gasteiger partial charge in [0, 0.05) is 24.2 Å². The van der Waals surface area contributed by atoms with Gasteiger partial charge in [-0.15, -0.1) is 16.4 Å². The van der Waals surface area contributed by atoms with Crippen LogP contribution in [0.15, 0.2) is 40.8 Å². The molecule has 1 aliphatic heterocycles. The number of nitrogens with zero attached hydrogens (tertiary/aromatic N) is 4. The Hall–Kier alpha value is -3.05. The Morgan fingerprint density at radius 2 is 2.19 bits per heavy atom. The van der Waals surface area contributed by atoms with E-state index in [9.17, 15) is 14.7 Å². The fourth-order valence-corrected chi connectivity index (χ4v) is 2.85. The SMILES string of the molecule is O=C(O)C1=CNC(COCCn2cc(-c3nccs3)nn2)=C(C(=O)O)C1. The van der Waals surface area contributed by atoms with E-state index in [0.29, 0.717) is 17.9 Å². The zero-order valence-corrected chi connectivity index (χ0v) is 14.3. The van der Waals surface area contributed by atoms with Crippen molar-refractivity contribution in [2.45, 2.75) is 13.0 Å². The van der Waals surface area contributed by atoms with Crippen LogP contribution in [-0.4, -0.2) is 55.3 Å². The molecule has 0 saturated carbocycles. The fraction of sp³-hybridized carbons (Fsp3) is 0.267. The Labute approximate surface area is 151 Å². The van der Waals surface area contributed by atoms with E-state index < -0.39 is 11.9 Å². The van der Waals surface area contributed by atoms with Crippen LogP contribution in [0.1, 0.15) is 6.42 Å². The van der Waals surface area contributed by atoms with Crippen molar-refractivity contribution in [2.75, 3.05) is 13.2 Å². The standard InChI is InChI=1S/C15H15N5O5S/c21-14(22)9-5-10(15(23)24)12(17-6-9)8-25-3-2-20-7-11(18-19-20)13-16-1-4-26-13/h1,4,6-7,17H,2-3,5,8H2,(H,21,22)(H,23,24). The van der Waals surface area contributed by atoms with E-state index in [0.717, 1.165) is 5.01 Å². The molecule has 0 saturated heterocycles. The average Bonchev–Trinajstić information content (AvgIpc) is 3.29.